The molecule has 0 fully saturated rings. The lowest BCUT2D eigenvalue weighted by Gasteiger charge is -2.05. The number of hydrogen-bond acceptors (Lipinski definition) is 2. The lowest BCUT2D eigenvalue weighted by molar-refractivity contribution is 0.697. The Morgan fingerprint density at radius 2 is 2.29 bits per heavy atom. The van der Waals surface area contributed by atoms with E-state index in [9.17, 15) is 0 Å². The second-order valence-electron chi connectivity index (χ2n) is 2.82. The van der Waals surface area contributed by atoms with Crippen molar-refractivity contribution in [1.29, 1.82) is 5.26 Å². The Balaban J connectivity index is 2.50. The van der Waals surface area contributed by atoms with Crippen LogP contribution in [0, 0.1) is 11.3 Å². The third-order valence-electron chi connectivity index (χ3n) is 1.74. The van der Waals surface area contributed by atoms with E-state index < -0.39 is 0 Å². The quantitative estimate of drug-likeness (QED) is 0.856. The molecule has 0 bridgehead atoms. The van der Waals surface area contributed by atoms with Crippen LogP contribution in [0.25, 0.3) is 0 Å². The molecule has 4 heteroatoms. The molecule has 1 rings (SSSR count). The van der Waals surface area contributed by atoms with Crippen molar-refractivity contribution in [3.63, 3.8) is 0 Å². The van der Waals surface area contributed by atoms with E-state index in [-0.39, 0.29) is 0 Å². The van der Waals surface area contributed by atoms with Crippen molar-refractivity contribution in [2.24, 2.45) is 0 Å². The van der Waals surface area contributed by atoms with Gasteiger partial charge in [0.15, 0.2) is 0 Å². The number of halogens is 2. The average molecular weight is 274 g/mol. The fraction of sp³-hybridized carbons (Fsp3) is 0.300. The molecule has 1 aromatic rings. The van der Waals surface area contributed by atoms with Crippen molar-refractivity contribution in [2.75, 3.05) is 6.54 Å². The second-order valence-corrected chi connectivity index (χ2v) is 4.11. The normalized spacial score (nSPS) is 9.79. The van der Waals surface area contributed by atoms with Crippen molar-refractivity contribution in [1.82, 2.24) is 5.32 Å². The van der Waals surface area contributed by atoms with Crippen LogP contribution in [0.2, 0.25) is 5.02 Å². The summed E-state index contributed by atoms with van der Waals surface area (Å²) >= 11 is 9.29. The van der Waals surface area contributed by atoms with Crippen LogP contribution in [0.1, 0.15) is 12.0 Å². The maximum absolute atomic E-state index is 8.34. The molecule has 0 aliphatic rings. The highest BCUT2D eigenvalue weighted by Gasteiger charge is 1.99. The summed E-state index contributed by atoms with van der Waals surface area (Å²) in [4.78, 5) is 0. The molecule has 0 aliphatic carbocycles. The predicted molar refractivity (Wildman–Crippen MR) is 61.1 cm³/mol. The Kier molecular flexibility index (Phi) is 4.95. The van der Waals surface area contributed by atoms with Gasteiger partial charge in [-0.05, 0) is 23.8 Å². The zero-order valence-corrected chi connectivity index (χ0v) is 9.90. The minimum absolute atomic E-state index is 0.526. The molecule has 1 N–H and O–H groups in total. The molecule has 0 atom stereocenters. The van der Waals surface area contributed by atoms with Crippen LogP contribution in [-0.2, 0) is 6.54 Å². The minimum atomic E-state index is 0.526. The summed E-state index contributed by atoms with van der Waals surface area (Å²) in [6.07, 6.45) is 0.526. The molecular formula is C10H10BrClN2. The maximum atomic E-state index is 8.34. The first-order valence-corrected chi connectivity index (χ1v) is 5.42. The van der Waals surface area contributed by atoms with Crippen molar-refractivity contribution in [2.45, 2.75) is 13.0 Å². The van der Waals surface area contributed by atoms with Gasteiger partial charge in [0, 0.05) is 29.0 Å². The molecule has 0 radical (unpaired) electrons. The summed E-state index contributed by atoms with van der Waals surface area (Å²) < 4.78 is 1.03. The third-order valence-corrected chi connectivity index (χ3v) is 2.75. The SMILES string of the molecule is N#CCCNCc1cc(Cl)ccc1Br. The van der Waals surface area contributed by atoms with Gasteiger partial charge in [-0.25, -0.2) is 0 Å². The van der Waals surface area contributed by atoms with E-state index in [2.05, 4.69) is 27.3 Å². The number of nitrogens with zero attached hydrogens (tertiary/aromatic N) is 1. The van der Waals surface area contributed by atoms with Gasteiger partial charge < -0.3 is 5.32 Å². The predicted octanol–water partition coefficient (Wildman–Crippen LogP) is 3.11. The largest absolute Gasteiger partial charge is 0.312 e. The first kappa shape index (κ1) is 11.5. The molecule has 0 saturated heterocycles. The highest BCUT2D eigenvalue weighted by molar-refractivity contribution is 9.10. The Morgan fingerprint density at radius 3 is 3.00 bits per heavy atom. The summed E-state index contributed by atoms with van der Waals surface area (Å²) in [7, 11) is 0. The lowest BCUT2D eigenvalue weighted by Crippen LogP contribution is -2.14. The molecule has 0 amide bonds. The van der Waals surface area contributed by atoms with Gasteiger partial charge in [-0.2, -0.15) is 5.26 Å². The Bertz CT molecular complexity index is 346. The molecule has 0 heterocycles. The van der Waals surface area contributed by atoms with Crippen molar-refractivity contribution < 1.29 is 0 Å². The Labute approximate surface area is 97.0 Å². The Hall–Kier alpha value is -0.560. The number of nitrogens with one attached hydrogen (secondary N) is 1. The molecular weight excluding hydrogens is 263 g/mol. The number of nitriles is 1. The van der Waals surface area contributed by atoms with Crippen LogP contribution in [0.4, 0.5) is 0 Å². The molecule has 74 valence electrons. The van der Waals surface area contributed by atoms with E-state index in [0.29, 0.717) is 13.0 Å². The summed E-state index contributed by atoms with van der Waals surface area (Å²) in [6, 6.07) is 7.75. The summed E-state index contributed by atoms with van der Waals surface area (Å²) in [6.45, 7) is 1.43. The highest BCUT2D eigenvalue weighted by Crippen LogP contribution is 2.20. The Morgan fingerprint density at radius 1 is 1.50 bits per heavy atom. The van der Waals surface area contributed by atoms with Gasteiger partial charge in [-0.15, -0.1) is 0 Å². The molecule has 14 heavy (non-hydrogen) atoms. The van der Waals surface area contributed by atoms with E-state index in [4.69, 9.17) is 16.9 Å². The minimum Gasteiger partial charge on any atom is -0.312 e. The fourth-order valence-corrected chi connectivity index (χ4v) is 1.63. The topological polar surface area (TPSA) is 35.8 Å². The van der Waals surface area contributed by atoms with Crippen LogP contribution < -0.4 is 5.32 Å². The monoisotopic (exact) mass is 272 g/mol. The van der Waals surface area contributed by atoms with Gasteiger partial charge in [0.05, 0.1) is 6.07 Å². The summed E-state index contributed by atoms with van der Waals surface area (Å²) in [5.41, 5.74) is 1.11. The number of rotatable bonds is 4. The van der Waals surface area contributed by atoms with E-state index in [1.807, 2.05) is 18.2 Å². The smallest absolute Gasteiger partial charge is 0.0635 e. The maximum Gasteiger partial charge on any atom is 0.0635 e. The van der Waals surface area contributed by atoms with Gasteiger partial charge in [-0.1, -0.05) is 27.5 Å². The number of benzene rings is 1. The molecule has 0 aromatic heterocycles. The van der Waals surface area contributed by atoms with Gasteiger partial charge in [-0.3, -0.25) is 0 Å². The fourth-order valence-electron chi connectivity index (χ4n) is 1.05. The van der Waals surface area contributed by atoms with Crippen molar-refractivity contribution in [3.05, 3.63) is 33.3 Å². The molecule has 0 aliphatic heterocycles. The van der Waals surface area contributed by atoms with Crippen LogP contribution in [0.3, 0.4) is 0 Å². The average Bonchev–Trinajstić information content (AvgIpc) is 2.18. The van der Waals surface area contributed by atoms with Crippen LogP contribution in [0.15, 0.2) is 22.7 Å². The molecule has 0 unspecified atom stereocenters. The van der Waals surface area contributed by atoms with Crippen LogP contribution in [0.5, 0.6) is 0 Å². The molecule has 0 spiro atoms. The second kappa shape index (κ2) is 6.02. The highest BCUT2D eigenvalue weighted by atomic mass is 79.9. The van der Waals surface area contributed by atoms with Crippen molar-refractivity contribution >= 4 is 27.5 Å². The van der Waals surface area contributed by atoms with Crippen LogP contribution >= 0.6 is 27.5 Å². The van der Waals surface area contributed by atoms with Gasteiger partial charge >= 0.3 is 0 Å². The van der Waals surface area contributed by atoms with Gasteiger partial charge in [0.1, 0.15) is 0 Å². The van der Waals surface area contributed by atoms with E-state index in [1.54, 1.807) is 0 Å². The zero-order chi connectivity index (χ0) is 10.4. The molecule has 0 saturated carbocycles. The third kappa shape index (κ3) is 3.67. The summed E-state index contributed by atoms with van der Waals surface area (Å²) in [5.74, 6) is 0. The first-order chi connectivity index (χ1) is 6.74. The van der Waals surface area contributed by atoms with E-state index in [1.165, 1.54) is 0 Å². The van der Waals surface area contributed by atoms with Gasteiger partial charge in [0.25, 0.3) is 0 Å². The lowest BCUT2D eigenvalue weighted by atomic mass is 10.2. The zero-order valence-electron chi connectivity index (χ0n) is 7.56. The molecule has 1 aromatic carbocycles. The van der Waals surface area contributed by atoms with Crippen LogP contribution in [-0.4, -0.2) is 6.54 Å². The number of hydrogen-bond donors (Lipinski definition) is 1. The molecule has 2 nitrogen and oxygen atoms in total. The van der Waals surface area contributed by atoms with E-state index >= 15 is 0 Å². The van der Waals surface area contributed by atoms with E-state index in [0.717, 1.165) is 21.6 Å². The van der Waals surface area contributed by atoms with Gasteiger partial charge in [0.2, 0.25) is 0 Å². The summed E-state index contributed by atoms with van der Waals surface area (Å²) in [5, 5.41) is 12.2. The first-order valence-electron chi connectivity index (χ1n) is 4.25. The van der Waals surface area contributed by atoms with Crippen molar-refractivity contribution in [3.8, 4) is 6.07 Å². The standard InChI is InChI=1S/C10H10BrClN2/c11-10-3-2-9(12)6-8(10)7-14-5-1-4-13/h2-3,6,14H,1,5,7H2.